The standard InChI is InChI=1S/C17H13BrN2O/c18-14-8-9-19-16(11-14)20-17(21)10-13-6-3-5-12-4-1-2-7-15(12)13/h1-9,11H,10H2,(H,19,20,21). The van der Waals surface area contributed by atoms with Gasteiger partial charge in [0, 0.05) is 10.7 Å². The summed E-state index contributed by atoms with van der Waals surface area (Å²) in [5.74, 6) is 0.478. The molecule has 3 aromatic rings. The SMILES string of the molecule is O=C(Cc1cccc2ccccc12)Nc1cc(Br)ccn1. The lowest BCUT2D eigenvalue weighted by Crippen LogP contribution is -2.15. The van der Waals surface area contributed by atoms with E-state index in [1.807, 2.05) is 48.5 Å². The van der Waals surface area contributed by atoms with Gasteiger partial charge in [-0.05, 0) is 28.5 Å². The highest BCUT2D eigenvalue weighted by Crippen LogP contribution is 2.19. The van der Waals surface area contributed by atoms with Crippen LogP contribution in [0.15, 0.2) is 65.3 Å². The molecule has 0 aliphatic rings. The molecule has 104 valence electrons. The Morgan fingerprint density at radius 1 is 1.10 bits per heavy atom. The van der Waals surface area contributed by atoms with Crippen molar-refractivity contribution in [3.05, 3.63) is 70.8 Å². The molecule has 1 heterocycles. The molecular weight excluding hydrogens is 328 g/mol. The van der Waals surface area contributed by atoms with Crippen molar-refractivity contribution >= 4 is 38.4 Å². The number of aromatic nitrogens is 1. The number of amides is 1. The molecule has 21 heavy (non-hydrogen) atoms. The summed E-state index contributed by atoms with van der Waals surface area (Å²) in [5.41, 5.74) is 1.01. The molecule has 0 spiro atoms. The van der Waals surface area contributed by atoms with E-state index in [9.17, 15) is 4.79 Å². The van der Waals surface area contributed by atoms with Crippen LogP contribution in [-0.2, 0) is 11.2 Å². The molecule has 1 N–H and O–H groups in total. The van der Waals surface area contributed by atoms with Crippen molar-refractivity contribution in [2.75, 3.05) is 5.32 Å². The van der Waals surface area contributed by atoms with E-state index in [1.165, 1.54) is 0 Å². The number of hydrogen-bond acceptors (Lipinski definition) is 2. The van der Waals surface area contributed by atoms with Gasteiger partial charge in [-0.2, -0.15) is 0 Å². The first kappa shape index (κ1) is 13.8. The van der Waals surface area contributed by atoms with E-state index in [-0.39, 0.29) is 5.91 Å². The number of carbonyl (C=O) groups excluding carboxylic acids is 1. The third-order valence-corrected chi connectivity index (χ3v) is 3.71. The second-order valence-corrected chi connectivity index (χ2v) is 5.64. The predicted molar refractivity (Wildman–Crippen MR) is 88.2 cm³/mol. The van der Waals surface area contributed by atoms with Crippen molar-refractivity contribution in [3.8, 4) is 0 Å². The molecule has 0 aliphatic carbocycles. The summed E-state index contributed by atoms with van der Waals surface area (Å²) in [6, 6.07) is 17.7. The maximum absolute atomic E-state index is 12.2. The Morgan fingerprint density at radius 3 is 2.76 bits per heavy atom. The Bertz CT molecular complexity index is 796. The molecule has 0 radical (unpaired) electrons. The van der Waals surface area contributed by atoms with Crippen molar-refractivity contribution in [2.45, 2.75) is 6.42 Å². The van der Waals surface area contributed by atoms with Crippen LogP contribution < -0.4 is 5.32 Å². The van der Waals surface area contributed by atoms with Crippen LogP contribution >= 0.6 is 15.9 Å². The van der Waals surface area contributed by atoms with Gasteiger partial charge < -0.3 is 5.32 Å². The fourth-order valence-corrected chi connectivity index (χ4v) is 2.61. The van der Waals surface area contributed by atoms with E-state index < -0.39 is 0 Å². The minimum absolute atomic E-state index is 0.0723. The van der Waals surface area contributed by atoms with Crippen LogP contribution in [0.25, 0.3) is 10.8 Å². The van der Waals surface area contributed by atoms with Crippen LogP contribution in [0.3, 0.4) is 0 Å². The normalized spacial score (nSPS) is 10.5. The second-order valence-electron chi connectivity index (χ2n) is 4.72. The van der Waals surface area contributed by atoms with Gasteiger partial charge in [0.15, 0.2) is 0 Å². The Hall–Kier alpha value is -2.20. The fraction of sp³-hybridized carbons (Fsp3) is 0.0588. The van der Waals surface area contributed by atoms with Crippen LogP contribution in [0, 0.1) is 0 Å². The Kier molecular flexibility index (Phi) is 3.97. The van der Waals surface area contributed by atoms with Gasteiger partial charge in [-0.15, -0.1) is 0 Å². The lowest BCUT2D eigenvalue weighted by atomic mass is 10.0. The van der Waals surface area contributed by atoms with Gasteiger partial charge in [-0.3, -0.25) is 4.79 Å². The van der Waals surface area contributed by atoms with Crippen LogP contribution in [0.5, 0.6) is 0 Å². The van der Waals surface area contributed by atoms with E-state index in [2.05, 4.69) is 26.2 Å². The number of anilines is 1. The largest absolute Gasteiger partial charge is 0.310 e. The highest BCUT2D eigenvalue weighted by Gasteiger charge is 2.08. The third-order valence-electron chi connectivity index (χ3n) is 3.22. The summed E-state index contributed by atoms with van der Waals surface area (Å²) in [6.07, 6.45) is 1.98. The lowest BCUT2D eigenvalue weighted by molar-refractivity contribution is -0.115. The first-order valence-corrected chi connectivity index (χ1v) is 7.40. The summed E-state index contributed by atoms with van der Waals surface area (Å²) >= 11 is 3.36. The smallest absolute Gasteiger partial charge is 0.229 e. The highest BCUT2D eigenvalue weighted by atomic mass is 79.9. The minimum Gasteiger partial charge on any atom is -0.310 e. The first-order chi connectivity index (χ1) is 10.2. The molecule has 0 saturated carbocycles. The summed E-state index contributed by atoms with van der Waals surface area (Å²) in [4.78, 5) is 16.3. The van der Waals surface area contributed by atoms with Gasteiger partial charge in [-0.25, -0.2) is 4.98 Å². The van der Waals surface area contributed by atoms with E-state index in [1.54, 1.807) is 12.3 Å². The molecule has 0 unspecified atom stereocenters. The van der Waals surface area contributed by atoms with Crippen molar-refractivity contribution in [1.29, 1.82) is 0 Å². The Morgan fingerprint density at radius 2 is 1.90 bits per heavy atom. The third kappa shape index (κ3) is 3.28. The molecule has 3 nitrogen and oxygen atoms in total. The van der Waals surface area contributed by atoms with Gasteiger partial charge in [0.25, 0.3) is 0 Å². The average molecular weight is 341 g/mol. The maximum Gasteiger partial charge on any atom is 0.229 e. The van der Waals surface area contributed by atoms with Gasteiger partial charge in [0.1, 0.15) is 5.82 Å². The monoisotopic (exact) mass is 340 g/mol. The van der Waals surface area contributed by atoms with Crippen molar-refractivity contribution < 1.29 is 4.79 Å². The van der Waals surface area contributed by atoms with Crippen LogP contribution in [0.2, 0.25) is 0 Å². The number of pyridine rings is 1. The number of fused-ring (bicyclic) bond motifs is 1. The number of rotatable bonds is 3. The zero-order valence-corrected chi connectivity index (χ0v) is 12.8. The summed E-state index contributed by atoms with van der Waals surface area (Å²) in [7, 11) is 0. The second kappa shape index (κ2) is 6.06. The molecule has 0 saturated heterocycles. The topological polar surface area (TPSA) is 42.0 Å². The lowest BCUT2D eigenvalue weighted by Gasteiger charge is -2.07. The summed E-state index contributed by atoms with van der Waals surface area (Å²) in [5, 5.41) is 5.07. The van der Waals surface area contributed by atoms with Crippen molar-refractivity contribution in [2.24, 2.45) is 0 Å². The van der Waals surface area contributed by atoms with E-state index in [0.717, 1.165) is 20.8 Å². The molecule has 0 bridgehead atoms. The Balaban J connectivity index is 1.80. The number of benzene rings is 2. The zero-order chi connectivity index (χ0) is 14.7. The quantitative estimate of drug-likeness (QED) is 0.777. The predicted octanol–water partition coefficient (Wildman–Crippen LogP) is 4.18. The first-order valence-electron chi connectivity index (χ1n) is 6.60. The number of nitrogens with zero attached hydrogens (tertiary/aromatic N) is 1. The van der Waals surface area contributed by atoms with Crippen LogP contribution in [0.4, 0.5) is 5.82 Å². The van der Waals surface area contributed by atoms with Crippen LogP contribution in [-0.4, -0.2) is 10.9 Å². The number of hydrogen-bond donors (Lipinski definition) is 1. The van der Waals surface area contributed by atoms with Gasteiger partial charge in [0.2, 0.25) is 5.91 Å². The molecule has 0 aliphatic heterocycles. The van der Waals surface area contributed by atoms with Gasteiger partial charge in [0.05, 0.1) is 6.42 Å². The summed E-state index contributed by atoms with van der Waals surface area (Å²) < 4.78 is 0.887. The number of nitrogens with one attached hydrogen (secondary N) is 1. The molecule has 3 rings (SSSR count). The van der Waals surface area contributed by atoms with Crippen molar-refractivity contribution in [1.82, 2.24) is 4.98 Å². The van der Waals surface area contributed by atoms with Gasteiger partial charge >= 0.3 is 0 Å². The maximum atomic E-state index is 12.2. The van der Waals surface area contributed by atoms with Gasteiger partial charge in [-0.1, -0.05) is 58.4 Å². The molecular formula is C17H13BrN2O. The molecule has 4 heteroatoms. The van der Waals surface area contributed by atoms with E-state index in [4.69, 9.17) is 0 Å². The molecule has 1 amide bonds. The Labute approximate surface area is 131 Å². The fourth-order valence-electron chi connectivity index (χ4n) is 2.28. The molecule has 1 aromatic heterocycles. The highest BCUT2D eigenvalue weighted by molar-refractivity contribution is 9.10. The number of carbonyl (C=O) groups is 1. The average Bonchev–Trinajstić information content (AvgIpc) is 2.47. The minimum atomic E-state index is -0.0723. The van der Waals surface area contributed by atoms with Crippen molar-refractivity contribution in [3.63, 3.8) is 0 Å². The summed E-state index contributed by atoms with van der Waals surface area (Å²) in [6.45, 7) is 0. The van der Waals surface area contributed by atoms with Crippen LogP contribution in [0.1, 0.15) is 5.56 Å². The van der Waals surface area contributed by atoms with E-state index >= 15 is 0 Å². The molecule has 2 aromatic carbocycles. The number of halogens is 1. The van der Waals surface area contributed by atoms with E-state index in [0.29, 0.717) is 12.2 Å². The zero-order valence-electron chi connectivity index (χ0n) is 11.2. The molecule has 0 atom stereocenters. The molecule has 0 fully saturated rings.